The van der Waals surface area contributed by atoms with Gasteiger partial charge < -0.3 is 10.4 Å². The summed E-state index contributed by atoms with van der Waals surface area (Å²) in [6, 6.07) is 2.96. The molecule has 2 N–H and O–H groups in total. The Morgan fingerprint density at radius 2 is 2.15 bits per heavy atom. The van der Waals surface area contributed by atoms with E-state index in [9.17, 15) is 18.0 Å². The van der Waals surface area contributed by atoms with E-state index in [0.29, 0.717) is 5.56 Å². The smallest absolute Gasteiger partial charge is 0.384 e. The number of hydrogen-bond donors (Lipinski definition) is 2. The van der Waals surface area contributed by atoms with Gasteiger partial charge in [0.1, 0.15) is 12.3 Å². The van der Waals surface area contributed by atoms with E-state index in [1.165, 1.54) is 12.3 Å². The maximum absolute atomic E-state index is 11.9. The molecule has 0 aliphatic rings. The highest BCUT2D eigenvalue weighted by Gasteiger charge is 2.26. The molecule has 1 aromatic rings. The van der Waals surface area contributed by atoms with Gasteiger partial charge in [0.25, 0.3) is 5.91 Å². The largest absolute Gasteiger partial charge is 0.389 e. The Morgan fingerprint density at radius 3 is 2.70 bits per heavy atom. The van der Waals surface area contributed by atoms with Crippen LogP contribution in [0.1, 0.15) is 28.9 Å². The summed E-state index contributed by atoms with van der Waals surface area (Å²) in [6.45, 7) is -0.340. The van der Waals surface area contributed by atoms with Gasteiger partial charge in [0.2, 0.25) is 0 Å². The molecule has 0 spiro atoms. The van der Waals surface area contributed by atoms with E-state index in [-0.39, 0.29) is 25.3 Å². The Morgan fingerprint density at radius 1 is 1.40 bits per heavy atom. The third-order valence-electron chi connectivity index (χ3n) is 2.23. The minimum atomic E-state index is -4.21. The topological polar surface area (TPSA) is 62.2 Å². The van der Waals surface area contributed by atoms with Gasteiger partial charge in [0, 0.05) is 24.7 Å². The van der Waals surface area contributed by atoms with E-state index in [2.05, 4.69) is 22.1 Å². The fourth-order valence-corrected chi connectivity index (χ4v) is 1.33. The normalized spacial score (nSPS) is 10.6. The molecule has 1 aromatic heterocycles. The number of nitrogens with zero attached hydrogens (tertiary/aromatic N) is 1. The van der Waals surface area contributed by atoms with Gasteiger partial charge in [-0.2, -0.15) is 13.2 Å². The van der Waals surface area contributed by atoms with Crippen molar-refractivity contribution in [1.29, 1.82) is 0 Å². The molecule has 0 fully saturated rings. The van der Waals surface area contributed by atoms with Crippen LogP contribution < -0.4 is 5.32 Å². The van der Waals surface area contributed by atoms with Crippen molar-refractivity contribution in [2.75, 3.05) is 13.2 Å². The summed E-state index contributed by atoms with van der Waals surface area (Å²) in [5, 5.41) is 10.9. The lowest BCUT2D eigenvalue weighted by atomic mass is 10.2. The second-order valence-electron chi connectivity index (χ2n) is 3.87. The molecule has 20 heavy (non-hydrogen) atoms. The van der Waals surface area contributed by atoms with Gasteiger partial charge in [-0.3, -0.25) is 4.79 Å². The van der Waals surface area contributed by atoms with E-state index in [1.807, 2.05) is 0 Å². The molecular formula is C13H13F3N2O2. The number of alkyl halides is 3. The zero-order valence-corrected chi connectivity index (χ0v) is 10.5. The molecule has 0 bridgehead atoms. The maximum atomic E-state index is 11.9. The fourth-order valence-electron chi connectivity index (χ4n) is 1.33. The molecule has 7 heteroatoms. The highest BCUT2D eigenvalue weighted by molar-refractivity contribution is 5.92. The molecule has 0 saturated heterocycles. The van der Waals surface area contributed by atoms with Crippen molar-refractivity contribution in [3.63, 3.8) is 0 Å². The predicted molar refractivity (Wildman–Crippen MR) is 65.8 cm³/mol. The lowest BCUT2D eigenvalue weighted by Gasteiger charge is -2.07. The second-order valence-corrected chi connectivity index (χ2v) is 3.87. The zero-order chi connectivity index (χ0) is 15.0. The maximum Gasteiger partial charge on any atom is 0.389 e. The van der Waals surface area contributed by atoms with Crippen molar-refractivity contribution in [2.24, 2.45) is 0 Å². The van der Waals surface area contributed by atoms with Gasteiger partial charge >= 0.3 is 6.18 Å². The van der Waals surface area contributed by atoms with Crippen molar-refractivity contribution >= 4 is 5.91 Å². The minimum absolute atomic E-state index is 0.0634. The highest BCUT2D eigenvalue weighted by atomic mass is 19.4. The van der Waals surface area contributed by atoms with E-state index in [1.54, 1.807) is 6.07 Å². The van der Waals surface area contributed by atoms with Crippen molar-refractivity contribution in [3.8, 4) is 11.8 Å². The third kappa shape index (κ3) is 6.20. The number of carbonyl (C=O) groups is 1. The van der Waals surface area contributed by atoms with Crippen LogP contribution in [-0.4, -0.2) is 35.3 Å². The van der Waals surface area contributed by atoms with E-state index in [0.717, 1.165) is 0 Å². The summed E-state index contributed by atoms with van der Waals surface area (Å²) in [4.78, 5) is 15.4. The van der Waals surface area contributed by atoms with Crippen molar-refractivity contribution in [1.82, 2.24) is 10.3 Å². The quantitative estimate of drug-likeness (QED) is 0.651. The first kappa shape index (κ1) is 16.0. The Balaban J connectivity index is 2.44. The molecular weight excluding hydrogens is 273 g/mol. The van der Waals surface area contributed by atoms with Crippen LogP contribution in [-0.2, 0) is 0 Å². The molecule has 0 unspecified atom stereocenters. The monoisotopic (exact) mass is 286 g/mol. The van der Waals surface area contributed by atoms with Gasteiger partial charge in [-0.1, -0.05) is 11.8 Å². The summed E-state index contributed by atoms with van der Waals surface area (Å²) in [7, 11) is 0. The van der Waals surface area contributed by atoms with Gasteiger partial charge in [-0.15, -0.1) is 0 Å². The first-order valence-electron chi connectivity index (χ1n) is 5.83. The van der Waals surface area contributed by atoms with Gasteiger partial charge in [0.05, 0.1) is 0 Å². The molecule has 0 radical (unpaired) electrons. The van der Waals surface area contributed by atoms with Crippen molar-refractivity contribution in [2.45, 2.75) is 19.0 Å². The number of amides is 1. The fraction of sp³-hybridized carbons (Fsp3) is 0.385. The SMILES string of the molecule is O=C(NCCCC(F)(F)F)c1ccc(C#CCO)cn1. The first-order chi connectivity index (χ1) is 9.42. The Labute approximate surface area is 114 Å². The van der Waals surface area contributed by atoms with Crippen LogP contribution >= 0.6 is 0 Å². The van der Waals surface area contributed by atoms with Crippen LogP contribution in [0.25, 0.3) is 0 Å². The van der Waals surface area contributed by atoms with Gasteiger partial charge in [0.15, 0.2) is 0 Å². The van der Waals surface area contributed by atoms with Crippen LogP contribution in [0, 0.1) is 11.8 Å². The Hall–Kier alpha value is -2.07. The summed E-state index contributed by atoms with van der Waals surface area (Å²) in [5.41, 5.74) is 0.638. The lowest BCUT2D eigenvalue weighted by Crippen LogP contribution is -2.26. The Bertz CT molecular complexity index is 501. The average Bonchev–Trinajstić information content (AvgIpc) is 2.40. The van der Waals surface area contributed by atoms with Crippen molar-refractivity contribution < 1.29 is 23.1 Å². The van der Waals surface area contributed by atoms with Crippen LogP contribution in [0.15, 0.2) is 18.3 Å². The number of halogens is 3. The van der Waals surface area contributed by atoms with E-state index < -0.39 is 18.5 Å². The summed E-state index contributed by atoms with van der Waals surface area (Å²) in [6.07, 6.45) is -3.96. The van der Waals surface area contributed by atoms with Crippen LogP contribution in [0.3, 0.4) is 0 Å². The molecule has 1 rings (SSSR count). The molecule has 0 aromatic carbocycles. The number of rotatable bonds is 4. The predicted octanol–water partition coefficient (Wildman–Crippen LogP) is 1.50. The van der Waals surface area contributed by atoms with E-state index >= 15 is 0 Å². The molecule has 0 atom stereocenters. The molecule has 1 amide bonds. The van der Waals surface area contributed by atoms with Crippen LogP contribution in [0.4, 0.5) is 13.2 Å². The molecule has 0 aliphatic carbocycles. The standard InChI is InChI=1S/C13H13F3N2O2/c14-13(15,16)6-2-7-17-12(20)11-5-4-10(9-18-11)3-1-8-19/h4-5,9,19H,2,6-8H2,(H,17,20). The second kappa shape index (κ2) is 7.50. The van der Waals surface area contributed by atoms with E-state index in [4.69, 9.17) is 5.11 Å². The summed E-state index contributed by atoms with van der Waals surface area (Å²) < 4.78 is 35.7. The number of aromatic nitrogens is 1. The molecule has 0 aliphatic heterocycles. The molecule has 0 saturated carbocycles. The number of aliphatic hydroxyl groups is 1. The number of aliphatic hydroxyl groups excluding tert-OH is 1. The number of nitrogens with one attached hydrogen (secondary N) is 1. The minimum Gasteiger partial charge on any atom is -0.384 e. The Kier molecular flexibility index (Phi) is 6.00. The average molecular weight is 286 g/mol. The van der Waals surface area contributed by atoms with Gasteiger partial charge in [-0.05, 0) is 18.6 Å². The van der Waals surface area contributed by atoms with Crippen LogP contribution in [0.2, 0.25) is 0 Å². The summed E-state index contributed by atoms with van der Waals surface area (Å²) >= 11 is 0. The third-order valence-corrected chi connectivity index (χ3v) is 2.23. The lowest BCUT2D eigenvalue weighted by molar-refractivity contribution is -0.135. The number of hydrogen-bond acceptors (Lipinski definition) is 3. The van der Waals surface area contributed by atoms with Gasteiger partial charge in [-0.25, -0.2) is 4.98 Å². The van der Waals surface area contributed by atoms with Crippen LogP contribution in [0.5, 0.6) is 0 Å². The first-order valence-corrected chi connectivity index (χ1v) is 5.83. The number of carbonyl (C=O) groups excluding carboxylic acids is 1. The zero-order valence-electron chi connectivity index (χ0n) is 10.5. The highest BCUT2D eigenvalue weighted by Crippen LogP contribution is 2.20. The van der Waals surface area contributed by atoms with Crippen molar-refractivity contribution in [3.05, 3.63) is 29.6 Å². The molecule has 1 heterocycles. The molecule has 108 valence electrons. The molecule has 4 nitrogen and oxygen atoms in total. The number of pyridine rings is 1. The summed E-state index contributed by atoms with van der Waals surface area (Å²) in [5.74, 6) is 4.50.